The standard InChI is InChI=1S/C13H15BrFN3/c1-2-18-13(16-9-17-18)7-11(8-14)10-4-3-5-12(15)6-10/h3-6,9,11H,2,7-8H2,1H3. The van der Waals surface area contributed by atoms with E-state index in [0.29, 0.717) is 0 Å². The maximum atomic E-state index is 13.2. The van der Waals surface area contributed by atoms with Crippen molar-refractivity contribution in [3.63, 3.8) is 0 Å². The molecule has 1 unspecified atom stereocenters. The van der Waals surface area contributed by atoms with Crippen LogP contribution in [0.15, 0.2) is 30.6 Å². The molecule has 0 aliphatic heterocycles. The number of nitrogens with zero attached hydrogens (tertiary/aromatic N) is 3. The van der Waals surface area contributed by atoms with E-state index in [4.69, 9.17) is 0 Å². The predicted octanol–water partition coefficient (Wildman–Crippen LogP) is 3.16. The van der Waals surface area contributed by atoms with E-state index in [1.54, 1.807) is 18.5 Å². The number of alkyl halides is 1. The zero-order valence-corrected chi connectivity index (χ0v) is 11.8. The molecule has 0 N–H and O–H groups in total. The van der Waals surface area contributed by atoms with Crippen molar-refractivity contribution in [3.05, 3.63) is 47.8 Å². The Morgan fingerprint density at radius 3 is 2.94 bits per heavy atom. The van der Waals surface area contributed by atoms with Crippen LogP contribution in [0.1, 0.15) is 24.2 Å². The second-order valence-corrected chi connectivity index (χ2v) is 4.75. The average Bonchev–Trinajstić information content (AvgIpc) is 2.83. The van der Waals surface area contributed by atoms with Crippen molar-refractivity contribution >= 4 is 15.9 Å². The highest BCUT2D eigenvalue weighted by Gasteiger charge is 2.15. The summed E-state index contributed by atoms with van der Waals surface area (Å²) in [6.07, 6.45) is 2.32. The average molecular weight is 312 g/mol. The number of hydrogen-bond acceptors (Lipinski definition) is 2. The van der Waals surface area contributed by atoms with E-state index in [9.17, 15) is 4.39 Å². The normalized spacial score (nSPS) is 12.6. The molecule has 0 fully saturated rings. The van der Waals surface area contributed by atoms with Gasteiger partial charge < -0.3 is 0 Å². The molecular weight excluding hydrogens is 297 g/mol. The van der Waals surface area contributed by atoms with Gasteiger partial charge in [0, 0.05) is 24.2 Å². The minimum atomic E-state index is -0.199. The maximum Gasteiger partial charge on any atom is 0.138 e. The fraction of sp³-hybridized carbons (Fsp3) is 0.385. The highest BCUT2D eigenvalue weighted by molar-refractivity contribution is 9.09. The molecule has 18 heavy (non-hydrogen) atoms. The Bertz CT molecular complexity index is 512. The lowest BCUT2D eigenvalue weighted by molar-refractivity contribution is 0.587. The van der Waals surface area contributed by atoms with Crippen LogP contribution in [0.2, 0.25) is 0 Å². The van der Waals surface area contributed by atoms with Crippen molar-refractivity contribution in [2.45, 2.75) is 25.8 Å². The van der Waals surface area contributed by atoms with Crippen molar-refractivity contribution in [1.82, 2.24) is 14.8 Å². The number of aryl methyl sites for hydroxylation is 1. The van der Waals surface area contributed by atoms with Crippen LogP contribution in [0.5, 0.6) is 0 Å². The van der Waals surface area contributed by atoms with Crippen LogP contribution in [0.3, 0.4) is 0 Å². The molecule has 96 valence electrons. The van der Waals surface area contributed by atoms with Crippen molar-refractivity contribution in [2.24, 2.45) is 0 Å². The van der Waals surface area contributed by atoms with Gasteiger partial charge in [-0.15, -0.1) is 0 Å². The summed E-state index contributed by atoms with van der Waals surface area (Å²) in [5.41, 5.74) is 0.984. The molecule has 2 rings (SSSR count). The fourth-order valence-corrected chi connectivity index (χ4v) is 2.56. The van der Waals surface area contributed by atoms with Crippen molar-refractivity contribution in [2.75, 3.05) is 5.33 Å². The van der Waals surface area contributed by atoms with E-state index in [1.165, 1.54) is 6.07 Å². The predicted molar refractivity (Wildman–Crippen MR) is 72.3 cm³/mol. The SMILES string of the molecule is CCn1ncnc1CC(CBr)c1cccc(F)c1. The summed E-state index contributed by atoms with van der Waals surface area (Å²) >= 11 is 3.49. The molecule has 0 aliphatic rings. The molecule has 2 aromatic rings. The van der Waals surface area contributed by atoms with Gasteiger partial charge in [0.25, 0.3) is 0 Å². The van der Waals surface area contributed by atoms with Crippen LogP contribution < -0.4 is 0 Å². The zero-order chi connectivity index (χ0) is 13.0. The van der Waals surface area contributed by atoms with Gasteiger partial charge in [0.2, 0.25) is 0 Å². The smallest absolute Gasteiger partial charge is 0.138 e. The Balaban J connectivity index is 2.20. The van der Waals surface area contributed by atoms with E-state index in [2.05, 4.69) is 26.0 Å². The molecule has 1 aromatic heterocycles. The molecule has 1 atom stereocenters. The Labute approximate surface area is 114 Å². The van der Waals surface area contributed by atoms with Gasteiger partial charge in [-0.05, 0) is 24.6 Å². The summed E-state index contributed by atoms with van der Waals surface area (Å²) in [4.78, 5) is 4.26. The number of aromatic nitrogens is 3. The maximum absolute atomic E-state index is 13.2. The number of halogens is 2. The van der Waals surface area contributed by atoms with Gasteiger partial charge in [-0.25, -0.2) is 9.37 Å². The van der Waals surface area contributed by atoms with Gasteiger partial charge in [0.15, 0.2) is 0 Å². The van der Waals surface area contributed by atoms with Gasteiger partial charge in [-0.2, -0.15) is 5.10 Å². The topological polar surface area (TPSA) is 30.7 Å². The monoisotopic (exact) mass is 311 g/mol. The molecule has 1 aromatic carbocycles. The molecule has 1 heterocycles. The lowest BCUT2D eigenvalue weighted by Crippen LogP contribution is -2.11. The van der Waals surface area contributed by atoms with E-state index in [0.717, 1.165) is 29.7 Å². The highest BCUT2D eigenvalue weighted by atomic mass is 79.9. The first-order valence-electron chi connectivity index (χ1n) is 5.92. The molecule has 0 saturated heterocycles. The lowest BCUT2D eigenvalue weighted by atomic mass is 9.97. The summed E-state index contributed by atoms with van der Waals surface area (Å²) in [6, 6.07) is 6.73. The first-order valence-corrected chi connectivity index (χ1v) is 7.04. The molecule has 0 aliphatic carbocycles. The number of hydrogen-bond donors (Lipinski definition) is 0. The molecule has 0 saturated carbocycles. The third-order valence-electron chi connectivity index (χ3n) is 2.93. The highest BCUT2D eigenvalue weighted by Crippen LogP contribution is 2.22. The van der Waals surface area contributed by atoms with E-state index >= 15 is 0 Å². The van der Waals surface area contributed by atoms with Gasteiger partial charge >= 0.3 is 0 Å². The zero-order valence-electron chi connectivity index (χ0n) is 10.2. The molecule has 0 radical (unpaired) electrons. The van der Waals surface area contributed by atoms with Crippen LogP contribution >= 0.6 is 15.9 Å². The Morgan fingerprint density at radius 1 is 1.44 bits per heavy atom. The summed E-state index contributed by atoms with van der Waals surface area (Å²) < 4.78 is 15.1. The van der Waals surface area contributed by atoms with Gasteiger partial charge in [-0.3, -0.25) is 4.68 Å². The third kappa shape index (κ3) is 2.96. The van der Waals surface area contributed by atoms with Gasteiger partial charge in [0.05, 0.1) is 0 Å². The summed E-state index contributed by atoms with van der Waals surface area (Å²) in [6.45, 7) is 2.83. The minimum Gasteiger partial charge on any atom is -0.250 e. The van der Waals surface area contributed by atoms with Crippen LogP contribution in [0.25, 0.3) is 0 Å². The number of rotatable bonds is 5. The molecule has 0 amide bonds. The third-order valence-corrected chi connectivity index (χ3v) is 3.71. The Hall–Kier alpha value is -1.23. The van der Waals surface area contributed by atoms with Gasteiger partial charge in [-0.1, -0.05) is 28.1 Å². The summed E-state index contributed by atoms with van der Waals surface area (Å²) in [5, 5.41) is 4.92. The number of benzene rings is 1. The van der Waals surface area contributed by atoms with Crippen molar-refractivity contribution < 1.29 is 4.39 Å². The molecule has 3 nitrogen and oxygen atoms in total. The minimum absolute atomic E-state index is 0.199. The molecule has 0 bridgehead atoms. The molecule has 0 spiro atoms. The van der Waals surface area contributed by atoms with Crippen LogP contribution in [-0.2, 0) is 13.0 Å². The second-order valence-electron chi connectivity index (χ2n) is 4.10. The molecule has 5 heteroatoms. The summed E-state index contributed by atoms with van der Waals surface area (Å²) in [7, 11) is 0. The molecular formula is C13H15BrFN3. The lowest BCUT2D eigenvalue weighted by Gasteiger charge is -2.14. The summed E-state index contributed by atoms with van der Waals surface area (Å²) in [5.74, 6) is 0.941. The van der Waals surface area contributed by atoms with Gasteiger partial charge in [0.1, 0.15) is 18.0 Å². The van der Waals surface area contributed by atoms with E-state index in [1.807, 2.05) is 17.7 Å². The van der Waals surface area contributed by atoms with Crippen LogP contribution in [-0.4, -0.2) is 20.1 Å². The van der Waals surface area contributed by atoms with Crippen molar-refractivity contribution in [1.29, 1.82) is 0 Å². The van der Waals surface area contributed by atoms with Crippen LogP contribution in [0, 0.1) is 5.82 Å². The quantitative estimate of drug-likeness (QED) is 0.794. The second kappa shape index (κ2) is 6.09. The first kappa shape index (κ1) is 13.2. The van der Waals surface area contributed by atoms with Crippen LogP contribution in [0.4, 0.5) is 4.39 Å². The first-order chi connectivity index (χ1) is 8.74. The van der Waals surface area contributed by atoms with E-state index in [-0.39, 0.29) is 11.7 Å². The Morgan fingerprint density at radius 2 is 2.28 bits per heavy atom. The van der Waals surface area contributed by atoms with Crippen molar-refractivity contribution in [3.8, 4) is 0 Å². The Kier molecular flexibility index (Phi) is 4.47. The fourth-order valence-electron chi connectivity index (χ4n) is 1.95. The van der Waals surface area contributed by atoms with E-state index < -0.39 is 0 Å². The largest absolute Gasteiger partial charge is 0.250 e.